The monoisotopic (exact) mass is 208 g/mol. The summed E-state index contributed by atoms with van der Waals surface area (Å²) >= 11 is 0. The second-order valence-corrected chi connectivity index (χ2v) is 5.96. The van der Waals surface area contributed by atoms with E-state index in [0.29, 0.717) is 17.9 Å². The summed E-state index contributed by atoms with van der Waals surface area (Å²) in [7, 11) is 2.16. The summed E-state index contributed by atoms with van der Waals surface area (Å²) in [6.07, 6.45) is 4.57. The van der Waals surface area contributed by atoms with Crippen LogP contribution in [0.1, 0.15) is 46.5 Å². The highest BCUT2D eigenvalue weighted by Crippen LogP contribution is 2.40. The Labute approximate surface area is 94.3 Å². The van der Waals surface area contributed by atoms with Crippen molar-refractivity contribution in [3.8, 4) is 6.07 Å². The van der Waals surface area contributed by atoms with Crippen molar-refractivity contribution < 1.29 is 0 Å². The van der Waals surface area contributed by atoms with Crippen LogP contribution in [0.4, 0.5) is 0 Å². The first kappa shape index (κ1) is 12.5. The molecular weight excluding hydrogens is 184 g/mol. The molecule has 15 heavy (non-hydrogen) atoms. The van der Waals surface area contributed by atoms with Gasteiger partial charge in [0.05, 0.1) is 6.07 Å². The van der Waals surface area contributed by atoms with Crippen LogP contribution in [0.2, 0.25) is 0 Å². The van der Waals surface area contributed by atoms with Crippen molar-refractivity contribution in [3.05, 3.63) is 0 Å². The third-order valence-electron chi connectivity index (χ3n) is 3.56. The number of hydrogen-bond acceptors (Lipinski definition) is 2. The lowest BCUT2D eigenvalue weighted by atomic mass is 9.70. The van der Waals surface area contributed by atoms with Gasteiger partial charge < -0.3 is 4.90 Å². The Balaban J connectivity index is 2.51. The van der Waals surface area contributed by atoms with Gasteiger partial charge in [-0.25, -0.2) is 0 Å². The SMILES string of the molecule is CC1CC(N(C)CCC#N)CC(C)(C)C1. The van der Waals surface area contributed by atoms with E-state index in [1.54, 1.807) is 0 Å². The molecule has 1 rings (SSSR count). The van der Waals surface area contributed by atoms with Gasteiger partial charge in [-0.15, -0.1) is 0 Å². The van der Waals surface area contributed by atoms with Gasteiger partial charge in [0.15, 0.2) is 0 Å². The Hall–Kier alpha value is -0.550. The molecule has 0 N–H and O–H groups in total. The van der Waals surface area contributed by atoms with Crippen LogP contribution in [-0.4, -0.2) is 24.5 Å². The zero-order chi connectivity index (χ0) is 11.5. The highest BCUT2D eigenvalue weighted by atomic mass is 15.1. The molecule has 0 spiro atoms. The molecule has 2 unspecified atom stereocenters. The minimum Gasteiger partial charge on any atom is -0.302 e. The maximum atomic E-state index is 8.59. The molecule has 0 aliphatic heterocycles. The van der Waals surface area contributed by atoms with Gasteiger partial charge in [0.2, 0.25) is 0 Å². The second-order valence-electron chi connectivity index (χ2n) is 5.96. The Morgan fingerprint density at radius 2 is 2.07 bits per heavy atom. The summed E-state index contributed by atoms with van der Waals surface area (Å²) in [5.41, 5.74) is 0.475. The fourth-order valence-electron chi connectivity index (χ4n) is 3.04. The van der Waals surface area contributed by atoms with Crippen molar-refractivity contribution in [1.82, 2.24) is 4.90 Å². The average molecular weight is 208 g/mol. The highest BCUT2D eigenvalue weighted by molar-refractivity contribution is 4.87. The van der Waals surface area contributed by atoms with Gasteiger partial charge >= 0.3 is 0 Å². The van der Waals surface area contributed by atoms with E-state index < -0.39 is 0 Å². The van der Waals surface area contributed by atoms with E-state index in [0.717, 1.165) is 12.5 Å². The van der Waals surface area contributed by atoms with Crippen LogP contribution in [0.5, 0.6) is 0 Å². The average Bonchev–Trinajstić information content (AvgIpc) is 2.10. The topological polar surface area (TPSA) is 27.0 Å². The fraction of sp³-hybridized carbons (Fsp3) is 0.923. The molecule has 0 aromatic rings. The molecule has 0 amide bonds. The molecule has 0 bridgehead atoms. The Morgan fingerprint density at radius 1 is 1.40 bits per heavy atom. The van der Waals surface area contributed by atoms with E-state index in [-0.39, 0.29) is 0 Å². The van der Waals surface area contributed by atoms with Crippen molar-refractivity contribution >= 4 is 0 Å². The number of nitrogens with zero attached hydrogens (tertiary/aromatic N) is 2. The summed E-state index contributed by atoms with van der Waals surface area (Å²) in [6.45, 7) is 8.01. The number of rotatable bonds is 3. The molecule has 2 atom stereocenters. The third-order valence-corrected chi connectivity index (χ3v) is 3.56. The Morgan fingerprint density at radius 3 is 2.60 bits per heavy atom. The molecule has 0 aromatic carbocycles. The van der Waals surface area contributed by atoms with E-state index >= 15 is 0 Å². The molecule has 0 aromatic heterocycles. The normalized spacial score (nSPS) is 30.1. The van der Waals surface area contributed by atoms with Gasteiger partial charge in [-0.2, -0.15) is 5.26 Å². The lowest BCUT2D eigenvalue weighted by Crippen LogP contribution is -2.41. The first-order valence-electron chi connectivity index (χ1n) is 6.02. The summed E-state index contributed by atoms with van der Waals surface area (Å²) in [5.74, 6) is 0.822. The Bertz CT molecular complexity index is 239. The first-order valence-corrected chi connectivity index (χ1v) is 6.02. The maximum absolute atomic E-state index is 8.59. The van der Waals surface area contributed by atoms with Gasteiger partial charge in [0.25, 0.3) is 0 Å². The number of nitriles is 1. The van der Waals surface area contributed by atoms with Crippen LogP contribution in [0, 0.1) is 22.7 Å². The van der Waals surface area contributed by atoms with Crippen molar-refractivity contribution in [2.45, 2.75) is 52.5 Å². The van der Waals surface area contributed by atoms with E-state index in [9.17, 15) is 0 Å². The molecular formula is C13H24N2. The smallest absolute Gasteiger partial charge is 0.0635 e. The van der Waals surface area contributed by atoms with Crippen LogP contribution < -0.4 is 0 Å². The molecule has 1 saturated carbocycles. The fourth-order valence-corrected chi connectivity index (χ4v) is 3.04. The molecule has 2 heteroatoms. The predicted molar refractivity (Wildman–Crippen MR) is 63.4 cm³/mol. The summed E-state index contributed by atoms with van der Waals surface area (Å²) in [4.78, 5) is 2.38. The largest absolute Gasteiger partial charge is 0.302 e. The molecule has 2 nitrogen and oxygen atoms in total. The first-order chi connectivity index (χ1) is 6.94. The maximum Gasteiger partial charge on any atom is 0.0635 e. The standard InChI is InChI=1S/C13H24N2/c1-11-8-12(10-13(2,3)9-11)15(4)7-5-6-14/h11-12H,5,7-10H2,1-4H3. The van der Waals surface area contributed by atoms with Crippen molar-refractivity contribution in [3.63, 3.8) is 0 Å². The van der Waals surface area contributed by atoms with Crippen LogP contribution in [-0.2, 0) is 0 Å². The predicted octanol–water partition coefficient (Wildman–Crippen LogP) is 3.05. The van der Waals surface area contributed by atoms with Gasteiger partial charge in [-0.05, 0) is 37.6 Å². The van der Waals surface area contributed by atoms with Gasteiger partial charge in [-0.3, -0.25) is 0 Å². The van der Waals surface area contributed by atoms with Crippen molar-refractivity contribution in [2.24, 2.45) is 11.3 Å². The molecule has 86 valence electrons. The van der Waals surface area contributed by atoms with Crippen LogP contribution >= 0.6 is 0 Å². The number of hydrogen-bond donors (Lipinski definition) is 0. The van der Waals surface area contributed by atoms with Crippen LogP contribution in [0.25, 0.3) is 0 Å². The van der Waals surface area contributed by atoms with Gasteiger partial charge in [-0.1, -0.05) is 20.8 Å². The van der Waals surface area contributed by atoms with Crippen LogP contribution in [0.15, 0.2) is 0 Å². The van der Waals surface area contributed by atoms with Gasteiger partial charge in [0.1, 0.15) is 0 Å². The zero-order valence-electron chi connectivity index (χ0n) is 10.6. The van der Waals surface area contributed by atoms with Crippen molar-refractivity contribution in [1.29, 1.82) is 5.26 Å². The van der Waals surface area contributed by atoms with Crippen molar-refractivity contribution in [2.75, 3.05) is 13.6 Å². The van der Waals surface area contributed by atoms with E-state index in [2.05, 4.69) is 38.8 Å². The minimum atomic E-state index is 0.475. The van der Waals surface area contributed by atoms with E-state index in [1.807, 2.05) is 0 Å². The lowest BCUT2D eigenvalue weighted by Gasteiger charge is -2.42. The summed E-state index contributed by atoms with van der Waals surface area (Å²) in [5, 5.41) is 8.59. The third kappa shape index (κ3) is 3.83. The zero-order valence-corrected chi connectivity index (χ0v) is 10.6. The van der Waals surface area contributed by atoms with Gasteiger partial charge in [0, 0.05) is 19.0 Å². The molecule has 1 aliphatic carbocycles. The summed E-state index contributed by atoms with van der Waals surface area (Å²) in [6, 6.07) is 2.91. The molecule has 0 saturated heterocycles. The van der Waals surface area contributed by atoms with E-state index in [1.165, 1.54) is 19.3 Å². The molecule has 0 heterocycles. The molecule has 1 aliphatic rings. The Kier molecular flexibility index (Phi) is 4.16. The highest BCUT2D eigenvalue weighted by Gasteiger charge is 2.33. The second kappa shape index (κ2) is 4.99. The summed E-state index contributed by atoms with van der Waals surface area (Å²) < 4.78 is 0. The molecule has 0 radical (unpaired) electrons. The van der Waals surface area contributed by atoms with E-state index in [4.69, 9.17) is 5.26 Å². The lowest BCUT2D eigenvalue weighted by molar-refractivity contribution is 0.0842. The minimum absolute atomic E-state index is 0.475. The molecule has 1 fully saturated rings. The quantitative estimate of drug-likeness (QED) is 0.713. The van der Waals surface area contributed by atoms with Crippen LogP contribution in [0.3, 0.4) is 0 Å².